The minimum Gasteiger partial charge on any atom is -0.383 e. The van der Waals surface area contributed by atoms with Gasteiger partial charge in [-0.2, -0.15) is 5.10 Å². The van der Waals surface area contributed by atoms with Crippen molar-refractivity contribution in [1.29, 1.82) is 5.41 Å². The second-order valence-electron chi connectivity index (χ2n) is 1.73. The number of aldehydes is 1. The number of nitrogens with one attached hydrogen (secondary N) is 2. The molecule has 0 bridgehead atoms. The summed E-state index contributed by atoms with van der Waals surface area (Å²) in [5.74, 6) is 0. The van der Waals surface area contributed by atoms with E-state index in [1.165, 1.54) is 0 Å². The molecule has 0 aliphatic carbocycles. The van der Waals surface area contributed by atoms with Gasteiger partial charge in [0.15, 0.2) is 6.29 Å². The zero-order valence-electron chi connectivity index (χ0n) is 8.33. The van der Waals surface area contributed by atoms with Crippen LogP contribution in [0.15, 0.2) is 5.10 Å². The lowest BCUT2D eigenvalue weighted by atomic mass is 10.5. The number of hydrogen-bond donors (Lipinski definition) is 2. The van der Waals surface area contributed by atoms with E-state index in [-0.39, 0.29) is 5.71 Å². The fraction of sp³-hybridized carbons (Fsp3) is 0.625. The van der Waals surface area contributed by atoms with Gasteiger partial charge < -0.3 is 10.2 Å². The fourth-order valence-corrected chi connectivity index (χ4v) is 0.358. The molecule has 0 aliphatic heterocycles. The van der Waals surface area contributed by atoms with Crippen LogP contribution in [0.4, 0.5) is 0 Å². The van der Waals surface area contributed by atoms with Gasteiger partial charge in [-0.25, -0.2) is 0 Å². The molecule has 76 valence electrons. The van der Waals surface area contributed by atoms with Crippen LogP contribution in [0.25, 0.3) is 0 Å². The Labute approximate surface area is 78.7 Å². The molecule has 0 heterocycles. The van der Waals surface area contributed by atoms with Crippen molar-refractivity contribution in [3.63, 3.8) is 0 Å². The zero-order chi connectivity index (χ0) is 10.5. The van der Waals surface area contributed by atoms with Crippen LogP contribution in [0.2, 0.25) is 0 Å². The number of carbonyl (C=O) groups excluding carboxylic acids is 1. The molecule has 2 N–H and O–H groups in total. The minimum atomic E-state index is -0.157. The van der Waals surface area contributed by atoms with Gasteiger partial charge in [0.25, 0.3) is 0 Å². The molecular formula is C8H17N3O2. The van der Waals surface area contributed by atoms with Crippen molar-refractivity contribution in [2.24, 2.45) is 5.10 Å². The Morgan fingerprint density at radius 1 is 1.62 bits per heavy atom. The maximum absolute atomic E-state index is 9.86. The number of ether oxygens (including phenoxy) is 1. The van der Waals surface area contributed by atoms with Crippen LogP contribution in [0.5, 0.6) is 0 Å². The highest BCUT2D eigenvalue weighted by Crippen LogP contribution is 1.64. The maximum Gasteiger partial charge on any atom is 0.169 e. The predicted molar refractivity (Wildman–Crippen MR) is 53.5 cm³/mol. The molecule has 0 amide bonds. The molecule has 0 aliphatic rings. The minimum absolute atomic E-state index is 0.157. The summed E-state index contributed by atoms with van der Waals surface area (Å²) in [6.45, 7) is 5.12. The summed E-state index contributed by atoms with van der Waals surface area (Å²) in [7, 11) is 1.58. The number of carbonyl (C=O) groups is 1. The van der Waals surface area contributed by atoms with Crippen LogP contribution in [-0.2, 0) is 9.53 Å². The van der Waals surface area contributed by atoms with Crippen LogP contribution in [0.3, 0.4) is 0 Å². The van der Waals surface area contributed by atoms with Crippen LogP contribution in [0.1, 0.15) is 13.8 Å². The molecule has 0 aromatic heterocycles. The summed E-state index contributed by atoms with van der Waals surface area (Å²) in [4.78, 5) is 9.86. The molecule has 0 unspecified atom stereocenters. The lowest BCUT2D eigenvalue weighted by Gasteiger charge is -1.96. The van der Waals surface area contributed by atoms with E-state index in [1.54, 1.807) is 7.11 Å². The molecule has 0 aromatic rings. The summed E-state index contributed by atoms with van der Waals surface area (Å²) >= 11 is 0. The van der Waals surface area contributed by atoms with Gasteiger partial charge in [0, 0.05) is 7.11 Å². The van der Waals surface area contributed by atoms with Crippen molar-refractivity contribution < 1.29 is 9.53 Å². The second-order valence-corrected chi connectivity index (χ2v) is 1.73. The van der Waals surface area contributed by atoms with Crippen LogP contribution in [0, 0.1) is 5.41 Å². The first-order valence-corrected chi connectivity index (χ1v) is 4.10. The maximum atomic E-state index is 9.86. The summed E-state index contributed by atoms with van der Waals surface area (Å²) in [5.41, 5.74) is 2.44. The molecule has 0 radical (unpaired) electrons. The summed E-state index contributed by atoms with van der Waals surface area (Å²) in [6, 6.07) is 0. The van der Waals surface area contributed by atoms with Crippen LogP contribution < -0.4 is 5.43 Å². The average molecular weight is 187 g/mol. The Bertz CT molecular complexity index is 157. The van der Waals surface area contributed by atoms with E-state index in [9.17, 15) is 4.79 Å². The van der Waals surface area contributed by atoms with E-state index < -0.39 is 0 Å². The Balaban J connectivity index is 0. The third-order valence-electron chi connectivity index (χ3n) is 0.840. The fourth-order valence-electron chi connectivity index (χ4n) is 0.358. The van der Waals surface area contributed by atoms with E-state index in [2.05, 4.69) is 10.5 Å². The van der Waals surface area contributed by atoms with Gasteiger partial charge in [-0.05, 0) is 0 Å². The number of hydrazone groups is 1. The summed E-state index contributed by atoms with van der Waals surface area (Å²) in [5, 5.41) is 10.4. The highest BCUT2D eigenvalue weighted by atomic mass is 16.5. The molecular weight excluding hydrogens is 170 g/mol. The Kier molecular flexibility index (Phi) is 14.7. The first-order chi connectivity index (χ1) is 6.31. The van der Waals surface area contributed by atoms with Crippen molar-refractivity contribution in [2.75, 3.05) is 20.3 Å². The van der Waals surface area contributed by atoms with Crippen LogP contribution >= 0.6 is 0 Å². The smallest absolute Gasteiger partial charge is 0.169 e. The Morgan fingerprint density at radius 3 is 2.69 bits per heavy atom. The van der Waals surface area contributed by atoms with E-state index in [0.717, 1.165) is 6.21 Å². The Morgan fingerprint density at radius 2 is 2.23 bits per heavy atom. The molecule has 0 saturated carbocycles. The summed E-state index contributed by atoms with van der Waals surface area (Å²) in [6.07, 6.45) is 1.56. The number of methoxy groups -OCH3 is 1. The quantitative estimate of drug-likeness (QED) is 0.274. The largest absolute Gasteiger partial charge is 0.383 e. The van der Waals surface area contributed by atoms with Crippen molar-refractivity contribution >= 4 is 18.2 Å². The number of nitrogens with zero attached hydrogens (tertiary/aromatic N) is 1. The first-order valence-electron chi connectivity index (χ1n) is 4.10. The van der Waals surface area contributed by atoms with Gasteiger partial charge in [0.2, 0.25) is 0 Å². The average Bonchev–Trinajstić information content (AvgIpc) is 2.20. The van der Waals surface area contributed by atoms with Crippen molar-refractivity contribution in [3.8, 4) is 0 Å². The highest BCUT2D eigenvalue weighted by Gasteiger charge is 1.84. The monoisotopic (exact) mass is 187 g/mol. The molecule has 0 spiro atoms. The zero-order valence-corrected chi connectivity index (χ0v) is 8.33. The highest BCUT2D eigenvalue weighted by molar-refractivity contribution is 6.53. The first kappa shape index (κ1) is 14.3. The topological polar surface area (TPSA) is 74.5 Å². The lowest BCUT2D eigenvalue weighted by Crippen LogP contribution is -2.14. The number of hydrogen-bond acceptors (Lipinski definition) is 5. The van der Waals surface area contributed by atoms with Crippen molar-refractivity contribution in [1.82, 2.24) is 5.43 Å². The molecule has 0 saturated heterocycles. The number of rotatable bonds is 6. The molecule has 0 aromatic carbocycles. The SMILES string of the molecule is CC.COCCN/N=C\C(=N)C=O. The second kappa shape index (κ2) is 13.4. The van der Waals surface area contributed by atoms with Crippen LogP contribution in [-0.4, -0.2) is 38.5 Å². The van der Waals surface area contributed by atoms with Crippen molar-refractivity contribution in [3.05, 3.63) is 0 Å². The predicted octanol–water partition coefficient (Wildman–Crippen LogP) is 0.453. The molecule has 5 heteroatoms. The normalized spacial score (nSPS) is 8.85. The third-order valence-corrected chi connectivity index (χ3v) is 0.840. The molecule has 0 fully saturated rings. The molecule has 13 heavy (non-hydrogen) atoms. The van der Waals surface area contributed by atoms with Gasteiger partial charge in [-0.15, -0.1) is 0 Å². The van der Waals surface area contributed by atoms with Gasteiger partial charge >= 0.3 is 0 Å². The van der Waals surface area contributed by atoms with E-state index in [1.807, 2.05) is 13.8 Å². The third kappa shape index (κ3) is 13.7. The van der Waals surface area contributed by atoms with E-state index >= 15 is 0 Å². The lowest BCUT2D eigenvalue weighted by molar-refractivity contribution is -0.102. The molecule has 0 atom stereocenters. The van der Waals surface area contributed by atoms with Gasteiger partial charge in [0.05, 0.1) is 19.4 Å². The molecule has 5 nitrogen and oxygen atoms in total. The van der Waals surface area contributed by atoms with Gasteiger partial charge in [0.1, 0.15) is 5.71 Å². The van der Waals surface area contributed by atoms with E-state index in [0.29, 0.717) is 19.4 Å². The molecule has 0 rings (SSSR count). The Hall–Kier alpha value is -1.23. The summed E-state index contributed by atoms with van der Waals surface area (Å²) < 4.78 is 4.72. The van der Waals surface area contributed by atoms with E-state index in [4.69, 9.17) is 10.1 Å². The van der Waals surface area contributed by atoms with Gasteiger partial charge in [-0.3, -0.25) is 10.2 Å². The van der Waals surface area contributed by atoms with Gasteiger partial charge in [-0.1, -0.05) is 13.8 Å². The van der Waals surface area contributed by atoms with Crippen molar-refractivity contribution in [2.45, 2.75) is 13.8 Å². The standard InChI is InChI=1S/C6H11N3O2.C2H6/c1-11-3-2-8-9-4-6(7)5-10;1-2/h4-5,7-8H,2-3H2,1H3;1-2H3/b7-6?,9-4-;.